The van der Waals surface area contributed by atoms with Crippen molar-refractivity contribution in [1.82, 2.24) is 4.31 Å². The molecule has 1 aliphatic heterocycles. The van der Waals surface area contributed by atoms with Crippen LogP contribution >= 0.6 is 0 Å². The van der Waals surface area contributed by atoms with Crippen LogP contribution in [0, 0.1) is 0 Å². The zero-order chi connectivity index (χ0) is 15.2. The summed E-state index contributed by atoms with van der Waals surface area (Å²) in [6, 6.07) is 7.92. The number of anilines is 1. The molecule has 0 aromatic heterocycles. The van der Waals surface area contributed by atoms with Gasteiger partial charge in [-0.15, -0.1) is 0 Å². The fourth-order valence-corrected chi connectivity index (χ4v) is 4.13. The third-order valence-corrected chi connectivity index (χ3v) is 5.43. The van der Waals surface area contributed by atoms with E-state index in [2.05, 4.69) is 0 Å². The molecule has 2 aliphatic rings. The summed E-state index contributed by atoms with van der Waals surface area (Å²) in [5, 5.41) is 0. The highest BCUT2D eigenvalue weighted by molar-refractivity contribution is 7.88. The molecule has 21 heavy (non-hydrogen) atoms. The van der Waals surface area contributed by atoms with E-state index in [0.717, 1.165) is 30.5 Å². The summed E-state index contributed by atoms with van der Waals surface area (Å²) >= 11 is 0. The average molecular weight is 308 g/mol. The molecule has 0 radical (unpaired) electrons. The van der Waals surface area contributed by atoms with Crippen molar-refractivity contribution in [2.45, 2.75) is 38.3 Å². The number of hydrogen-bond acceptors (Lipinski definition) is 3. The van der Waals surface area contributed by atoms with Crippen LogP contribution in [0.1, 0.15) is 25.3 Å². The van der Waals surface area contributed by atoms with E-state index in [0.29, 0.717) is 0 Å². The SMILES string of the molecule is CC1Cc2ccccc2N1C(=O)CN(C1CC1)S(C)(=O)=O. The standard InChI is InChI=1S/C15H20N2O3S/c1-11-9-12-5-3-4-6-14(12)17(11)15(18)10-16(13-7-8-13)21(2,19)20/h3-6,11,13H,7-10H2,1-2H3. The second-order valence-corrected chi connectivity index (χ2v) is 7.92. The first-order valence-corrected chi connectivity index (χ1v) is 9.09. The molecule has 1 heterocycles. The minimum Gasteiger partial charge on any atom is -0.308 e. The first kappa shape index (κ1) is 14.5. The lowest BCUT2D eigenvalue weighted by Gasteiger charge is -2.26. The van der Waals surface area contributed by atoms with Crippen LogP contribution in [0.25, 0.3) is 0 Å². The maximum atomic E-state index is 12.6. The zero-order valence-corrected chi connectivity index (χ0v) is 13.1. The summed E-state index contributed by atoms with van der Waals surface area (Å²) in [6.45, 7) is 1.95. The van der Waals surface area contributed by atoms with Gasteiger partial charge in [-0.05, 0) is 37.8 Å². The van der Waals surface area contributed by atoms with Gasteiger partial charge < -0.3 is 4.90 Å². The number of hydrogen-bond donors (Lipinski definition) is 0. The molecule has 3 rings (SSSR count). The Morgan fingerprint density at radius 1 is 1.33 bits per heavy atom. The lowest BCUT2D eigenvalue weighted by atomic mass is 10.1. The van der Waals surface area contributed by atoms with E-state index >= 15 is 0 Å². The normalized spacial score (nSPS) is 21.7. The Balaban J connectivity index is 1.82. The minimum absolute atomic E-state index is 0.0112. The van der Waals surface area contributed by atoms with Gasteiger partial charge in [-0.3, -0.25) is 4.79 Å². The predicted octanol–water partition coefficient (Wildman–Crippen LogP) is 1.39. The van der Waals surface area contributed by atoms with E-state index in [1.54, 1.807) is 4.90 Å². The van der Waals surface area contributed by atoms with E-state index in [9.17, 15) is 13.2 Å². The Bertz CT molecular complexity index is 667. The van der Waals surface area contributed by atoms with Crippen molar-refractivity contribution >= 4 is 21.6 Å². The lowest BCUT2D eigenvalue weighted by Crippen LogP contribution is -2.45. The fourth-order valence-electron chi connectivity index (χ4n) is 3.03. The van der Waals surface area contributed by atoms with E-state index < -0.39 is 10.0 Å². The molecular weight excluding hydrogens is 288 g/mol. The highest BCUT2D eigenvalue weighted by Crippen LogP contribution is 2.33. The molecule has 0 spiro atoms. The Morgan fingerprint density at radius 3 is 2.62 bits per heavy atom. The van der Waals surface area contributed by atoms with Gasteiger partial charge in [0.1, 0.15) is 0 Å². The first-order valence-electron chi connectivity index (χ1n) is 7.24. The molecule has 6 heteroatoms. The van der Waals surface area contributed by atoms with Gasteiger partial charge >= 0.3 is 0 Å². The number of nitrogens with zero attached hydrogens (tertiary/aromatic N) is 2. The van der Waals surface area contributed by atoms with Crippen molar-refractivity contribution < 1.29 is 13.2 Å². The molecule has 1 saturated carbocycles. The number of para-hydroxylation sites is 1. The van der Waals surface area contributed by atoms with Crippen molar-refractivity contribution in [3.63, 3.8) is 0 Å². The molecule has 1 amide bonds. The van der Waals surface area contributed by atoms with Crippen LogP contribution in [0.15, 0.2) is 24.3 Å². The Hall–Kier alpha value is -1.40. The summed E-state index contributed by atoms with van der Waals surface area (Å²) in [6.07, 6.45) is 3.71. The van der Waals surface area contributed by atoms with Gasteiger partial charge in [0.25, 0.3) is 0 Å². The third kappa shape index (κ3) is 2.82. The summed E-state index contributed by atoms with van der Waals surface area (Å²) in [5.74, 6) is -0.134. The molecule has 0 saturated heterocycles. The molecule has 1 aromatic carbocycles. The molecule has 1 atom stereocenters. The maximum Gasteiger partial charge on any atom is 0.242 e. The molecule has 0 N–H and O–H groups in total. The number of carbonyl (C=O) groups excluding carboxylic acids is 1. The van der Waals surface area contributed by atoms with Crippen molar-refractivity contribution in [3.05, 3.63) is 29.8 Å². The average Bonchev–Trinajstić information content (AvgIpc) is 3.16. The molecule has 0 bridgehead atoms. The van der Waals surface area contributed by atoms with Gasteiger partial charge in [-0.25, -0.2) is 8.42 Å². The number of benzene rings is 1. The maximum absolute atomic E-state index is 12.6. The lowest BCUT2D eigenvalue weighted by molar-refractivity contribution is -0.119. The van der Waals surface area contributed by atoms with E-state index in [4.69, 9.17) is 0 Å². The Labute approximate surface area is 125 Å². The van der Waals surface area contributed by atoms with Crippen LogP contribution in [0.2, 0.25) is 0 Å². The smallest absolute Gasteiger partial charge is 0.242 e. The van der Waals surface area contributed by atoms with Crippen molar-refractivity contribution in [3.8, 4) is 0 Å². The van der Waals surface area contributed by atoms with Crippen LogP contribution in [-0.2, 0) is 21.2 Å². The van der Waals surface area contributed by atoms with Crippen LogP contribution in [0.4, 0.5) is 5.69 Å². The second-order valence-electron chi connectivity index (χ2n) is 5.98. The fraction of sp³-hybridized carbons (Fsp3) is 0.533. The van der Waals surface area contributed by atoms with E-state index in [1.807, 2.05) is 31.2 Å². The van der Waals surface area contributed by atoms with Crippen LogP contribution in [0.3, 0.4) is 0 Å². The monoisotopic (exact) mass is 308 g/mol. The molecule has 114 valence electrons. The highest BCUT2D eigenvalue weighted by Gasteiger charge is 2.39. The van der Waals surface area contributed by atoms with Gasteiger partial charge in [-0.1, -0.05) is 18.2 Å². The van der Waals surface area contributed by atoms with E-state index in [1.165, 1.54) is 10.6 Å². The molecule has 1 aliphatic carbocycles. The first-order chi connectivity index (χ1) is 9.88. The van der Waals surface area contributed by atoms with Crippen molar-refractivity contribution in [1.29, 1.82) is 0 Å². The van der Waals surface area contributed by atoms with Crippen LogP contribution in [-0.4, -0.2) is 43.5 Å². The molecule has 1 fully saturated rings. The molecule has 1 unspecified atom stereocenters. The predicted molar refractivity (Wildman–Crippen MR) is 81.7 cm³/mol. The summed E-state index contributed by atoms with van der Waals surface area (Å²) in [7, 11) is -3.34. The number of amides is 1. The van der Waals surface area contributed by atoms with Gasteiger partial charge in [0.15, 0.2) is 0 Å². The number of sulfonamides is 1. The van der Waals surface area contributed by atoms with Gasteiger partial charge in [-0.2, -0.15) is 4.31 Å². The number of carbonyl (C=O) groups is 1. The summed E-state index contributed by atoms with van der Waals surface area (Å²) in [4.78, 5) is 14.4. The van der Waals surface area contributed by atoms with Gasteiger partial charge in [0.2, 0.25) is 15.9 Å². The molecule has 1 aromatic rings. The summed E-state index contributed by atoms with van der Waals surface area (Å²) in [5.41, 5.74) is 2.06. The van der Waals surface area contributed by atoms with Gasteiger partial charge in [0.05, 0.1) is 12.8 Å². The highest BCUT2D eigenvalue weighted by atomic mass is 32.2. The minimum atomic E-state index is -3.34. The topological polar surface area (TPSA) is 57.7 Å². The van der Waals surface area contributed by atoms with Crippen molar-refractivity contribution in [2.24, 2.45) is 0 Å². The second kappa shape index (κ2) is 5.10. The summed E-state index contributed by atoms with van der Waals surface area (Å²) < 4.78 is 25.0. The van der Waals surface area contributed by atoms with Gasteiger partial charge in [0, 0.05) is 17.8 Å². The Kier molecular flexibility index (Phi) is 3.53. The third-order valence-electron chi connectivity index (χ3n) is 4.15. The number of fused-ring (bicyclic) bond motifs is 1. The zero-order valence-electron chi connectivity index (χ0n) is 12.3. The Morgan fingerprint density at radius 2 is 2.00 bits per heavy atom. The number of rotatable bonds is 4. The largest absolute Gasteiger partial charge is 0.308 e. The molecular formula is C15H20N2O3S. The van der Waals surface area contributed by atoms with Crippen LogP contribution < -0.4 is 4.90 Å². The quantitative estimate of drug-likeness (QED) is 0.844. The molecule has 5 nitrogen and oxygen atoms in total. The van der Waals surface area contributed by atoms with E-state index in [-0.39, 0.29) is 24.5 Å². The van der Waals surface area contributed by atoms with Crippen molar-refractivity contribution in [2.75, 3.05) is 17.7 Å². The van der Waals surface area contributed by atoms with Crippen LogP contribution in [0.5, 0.6) is 0 Å².